The maximum atomic E-state index is 11.5. The summed E-state index contributed by atoms with van der Waals surface area (Å²) in [6.07, 6.45) is 1.53. The maximum absolute atomic E-state index is 11.5. The summed E-state index contributed by atoms with van der Waals surface area (Å²) in [5.74, 6) is -0.337. The van der Waals surface area contributed by atoms with Crippen LogP contribution in [0.3, 0.4) is 0 Å². The molecule has 0 bridgehead atoms. The van der Waals surface area contributed by atoms with Crippen molar-refractivity contribution in [1.29, 1.82) is 0 Å². The molecule has 2 rings (SSSR count). The SMILES string of the molecule is O=C(CO[PH](=O)O)c1ccc2occc2c1. The summed E-state index contributed by atoms with van der Waals surface area (Å²) in [7, 11) is -3.06. The van der Waals surface area contributed by atoms with E-state index < -0.39 is 14.9 Å². The van der Waals surface area contributed by atoms with Crippen LogP contribution in [-0.4, -0.2) is 17.3 Å². The third kappa shape index (κ3) is 2.39. The van der Waals surface area contributed by atoms with Crippen LogP contribution >= 0.6 is 8.25 Å². The fraction of sp³-hybridized carbons (Fsp3) is 0.100. The zero-order chi connectivity index (χ0) is 11.5. The highest BCUT2D eigenvalue weighted by Crippen LogP contribution is 2.19. The molecule has 1 atom stereocenters. The van der Waals surface area contributed by atoms with E-state index in [1.165, 1.54) is 6.26 Å². The number of Topliss-reactive ketones (excluding diaryl/α,β-unsaturated/α-hetero) is 1. The second-order valence-corrected chi connectivity index (χ2v) is 3.97. The molecule has 1 aromatic carbocycles. The third-order valence-electron chi connectivity index (χ3n) is 2.10. The van der Waals surface area contributed by atoms with Crippen LogP contribution < -0.4 is 0 Å². The molecule has 2 aromatic rings. The molecule has 1 aromatic heterocycles. The number of furan rings is 1. The Morgan fingerprint density at radius 2 is 2.25 bits per heavy atom. The molecule has 0 aliphatic rings. The lowest BCUT2D eigenvalue weighted by Crippen LogP contribution is -2.05. The Kier molecular flexibility index (Phi) is 3.19. The summed E-state index contributed by atoms with van der Waals surface area (Å²) in [5.41, 5.74) is 1.12. The van der Waals surface area contributed by atoms with Crippen LogP contribution in [0, 0.1) is 0 Å². The molecule has 16 heavy (non-hydrogen) atoms. The molecule has 84 valence electrons. The fourth-order valence-electron chi connectivity index (χ4n) is 1.35. The van der Waals surface area contributed by atoms with Gasteiger partial charge in [-0.25, -0.2) is 0 Å². The van der Waals surface area contributed by atoms with Gasteiger partial charge in [0.25, 0.3) is 0 Å². The minimum Gasteiger partial charge on any atom is -0.464 e. The molecular formula is C10H9O5P. The van der Waals surface area contributed by atoms with Gasteiger partial charge in [0.1, 0.15) is 12.2 Å². The summed E-state index contributed by atoms with van der Waals surface area (Å²) < 4.78 is 19.8. The molecule has 0 saturated heterocycles. The van der Waals surface area contributed by atoms with Gasteiger partial charge in [-0.3, -0.25) is 9.36 Å². The largest absolute Gasteiger partial charge is 0.464 e. The standard InChI is InChI=1S/C10H9O5P/c11-9(6-15-16(12)13)7-1-2-10-8(5-7)3-4-14-10/h1-5,16H,6H2,(H,12,13). The van der Waals surface area contributed by atoms with Crippen LogP contribution in [0.1, 0.15) is 10.4 Å². The van der Waals surface area contributed by atoms with Gasteiger partial charge in [0.05, 0.1) is 6.26 Å². The van der Waals surface area contributed by atoms with E-state index in [2.05, 4.69) is 4.52 Å². The Hall–Kier alpha value is -1.42. The van der Waals surface area contributed by atoms with Crippen LogP contribution in [0.4, 0.5) is 0 Å². The van der Waals surface area contributed by atoms with Crippen LogP contribution in [0.15, 0.2) is 34.9 Å². The quantitative estimate of drug-likeness (QED) is 0.653. The van der Waals surface area contributed by atoms with Gasteiger partial charge >= 0.3 is 8.25 Å². The average molecular weight is 240 g/mol. The molecule has 0 spiro atoms. The second kappa shape index (κ2) is 4.61. The smallest absolute Gasteiger partial charge is 0.317 e. The average Bonchev–Trinajstić information content (AvgIpc) is 2.72. The van der Waals surface area contributed by atoms with Gasteiger partial charge in [-0.05, 0) is 24.3 Å². The van der Waals surface area contributed by atoms with Crippen molar-refractivity contribution in [2.75, 3.05) is 6.61 Å². The molecule has 1 unspecified atom stereocenters. The molecule has 0 saturated carbocycles. The topological polar surface area (TPSA) is 76.7 Å². The molecule has 1 heterocycles. The van der Waals surface area contributed by atoms with Crippen molar-refractivity contribution >= 4 is 25.0 Å². The summed E-state index contributed by atoms with van der Waals surface area (Å²) in [5, 5.41) is 0.808. The van der Waals surface area contributed by atoms with E-state index in [4.69, 9.17) is 9.31 Å². The zero-order valence-corrected chi connectivity index (χ0v) is 9.17. The third-order valence-corrected chi connectivity index (χ3v) is 2.49. The van der Waals surface area contributed by atoms with E-state index in [0.717, 1.165) is 5.39 Å². The number of carbonyl (C=O) groups is 1. The fourth-order valence-corrected chi connectivity index (χ4v) is 1.61. The summed E-state index contributed by atoms with van der Waals surface area (Å²) in [4.78, 5) is 20.0. The van der Waals surface area contributed by atoms with Gasteiger partial charge in [0.2, 0.25) is 0 Å². The summed E-state index contributed by atoms with van der Waals surface area (Å²) in [6.45, 7) is -0.391. The van der Waals surface area contributed by atoms with Crippen molar-refractivity contribution in [3.05, 3.63) is 36.1 Å². The zero-order valence-electron chi connectivity index (χ0n) is 8.17. The minimum atomic E-state index is -3.06. The Morgan fingerprint density at radius 1 is 1.44 bits per heavy atom. The van der Waals surface area contributed by atoms with E-state index in [1.54, 1.807) is 24.3 Å². The van der Waals surface area contributed by atoms with Crippen molar-refractivity contribution in [3.8, 4) is 0 Å². The number of carbonyl (C=O) groups excluding carboxylic acids is 1. The van der Waals surface area contributed by atoms with Crippen molar-refractivity contribution in [1.82, 2.24) is 0 Å². The molecule has 6 heteroatoms. The van der Waals surface area contributed by atoms with Gasteiger partial charge in [-0.15, -0.1) is 0 Å². The maximum Gasteiger partial charge on any atom is 0.317 e. The van der Waals surface area contributed by atoms with Crippen LogP contribution in [0.2, 0.25) is 0 Å². The van der Waals surface area contributed by atoms with Crippen LogP contribution in [0.5, 0.6) is 0 Å². The normalized spacial score (nSPS) is 12.8. The van der Waals surface area contributed by atoms with Crippen molar-refractivity contribution in [3.63, 3.8) is 0 Å². The number of benzene rings is 1. The Morgan fingerprint density at radius 3 is 3.00 bits per heavy atom. The Bertz CT molecular complexity index is 545. The molecule has 1 N–H and O–H groups in total. The van der Waals surface area contributed by atoms with Gasteiger partial charge in [-0.2, -0.15) is 0 Å². The molecule has 0 aliphatic carbocycles. The first kappa shape index (κ1) is 11.1. The highest BCUT2D eigenvalue weighted by atomic mass is 31.1. The molecule has 0 amide bonds. The lowest BCUT2D eigenvalue weighted by Gasteiger charge is -2.00. The Labute approximate surface area is 91.6 Å². The van der Waals surface area contributed by atoms with Gasteiger partial charge < -0.3 is 13.8 Å². The first-order valence-electron chi connectivity index (χ1n) is 4.53. The molecule has 5 nitrogen and oxygen atoms in total. The first-order valence-corrected chi connectivity index (χ1v) is 5.79. The second-order valence-electron chi connectivity index (χ2n) is 3.15. The monoisotopic (exact) mass is 240 g/mol. The van der Waals surface area contributed by atoms with Gasteiger partial charge in [0.15, 0.2) is 5.78 Å². The van der Waals surface area contributed by atoms with Crippen molar-refractivity contribution in [2.45, 2.75) is 0 Å². The highest BCUT2D eigenvalue weighted by molar-refractivity contribution is 7.32. The van der Waals surface area contributed by atoms with Crippen LogP contribution in [0.25, 0.3) is 11.0 Å². The van der Waals surface area contributed by atoms with E-state index in [9.17, 15) is 9.36 Å². The highest BCUT2D eigenvalue weighted by Gasteiger charge is 2.08. The predicted octanol–water partition coefficient (Wildman–Crippen LogP) is 2.01. The first-order chi connectivity index (χ1) is 7.66. The Balaban J connectivity index is 2.19. The molecule has 0 radical (unpaired) electrons. The minimum absolute atomic E-state index is 0.337. The summed E-state index contributed by atoms with van der Waals surface area (Å²) in [6, 6.07) is 6.65. The number of hydrogen-bond acceptors (Lipinski definition) is 4. The van der Waals surface area contributed by atoms with E-state index in [1.807, 2.05) is 0 Å². The number of ketones is 1. The van der Waals surface area contributed by atoms with Crippen molar-refractivity contribution in [2.24, 2.45) is 0 Å². The molecule has 0 aliphatic heterocycles. The number of fused-ring (bicyclic) bond motifs is 1. The van der Waals surface area contributed by atoms with E-state index in [0.29, 0.717) is 11.1 Å². The molecular weight excluding hydrogens is 231 g/mol. The number of rotatable bonds is 4. The van der Waals surface area contributed by atoms with Crippen LogP contribution in [-0.2, 0) is 9.09 Å². The van der Waals surface area contributed by atoms with Gasteiger partial charge in [-0.1, -0.05) is 0 Å². The van der Waals surface area contributed by atoms with E-state index in [-0.39, 0.29) is 5.78 Å². The van der Waals surface area contributed by atoms with Crippen molar-refractivity contribution < 1.29 is 23.2 Å². The number of hydrogen-bond donors (Lipinski definition) is 1. The lowest BCUT2D eigenvalue weighted by molar-refractivity contribution is 0.0917. The summed E-state index contributed by atoms with van der Waals surface area (Å²) >= 11 is 0. The molecule has 0 fully saturated rings. The van der Waals surface area contributed by atoms with Gasteiger partial charge in [0, 0.05) is 10.9 Å². The van der Waals surface area contributed by atoms with E-state index >= 15 is 0 Å². The predicted molar refractivity (Wildman–Crippen MR) is 57.7 cm³/mol. The lowest BCUT2D eigenvalue weighted by atomic mass is 10.1.